The summed E-state index contributed by atoms with van der Waals surface area (Å²) in [6.07, 6.45) is 1.50. The summed E-state index contributed by atoms with van der Waals surface area (Å²) in [7, 11) is 1.58. The number of ether oxygens (including phenoxy) is 1. The highest BCUT2D eigenvalue weighted by Gasteiger charge is 2.31. The van der Waals surface area contributed by atoms with Gasteiger partial charge in [-0.05, 0) is 31.6 Å². The zero-order valence-corrected chi connectivity index (χ0v) is 18.7. The molecule has 0 spiro atoms. The SMILES string of the molecule is CCOC(=O)C1CCN(C(=O)CN(C)C(=O)C(NC(=O)CC(C)C)C(C)C)CC1. The van der Waals surface area contributed by atoms with E-state index in [1.807, 2.05) is 27.7 Å². The molecule has 1 heterocycles. The monoisotopic (exact) mass is 411 g/mol. The third-order valence-corrected chi connectivity index (χ3v) is 5.06. The lowest BCUT2D eigenvalue weighted by atomic mass is 9.97. The van der Waals surface area contributed by atoms with Crippen LogP contribution in [0.3, 0.4) is 0 Å². The van der Waals surface area contributed by atoms with Gasteiger partial charge in [0.25, 0.3) is 0 Å². The van der Waals surface area contributed by atoms with E-state index < -0.39 is 6.04 Å². The Hall–Kier alpha value is -2.12. The van der Waals surface area contributed by atoms with E-state index in [0.29, 0.717) is 39.0 Å². The normalized spacial score (nSPS) is 15.9. The Bertz CT molecular complexity index is 583. The topological polar surface area (TPSA) is 96.0 Å². The molecule has 0 aromatic rings. The van der Waals surface area contributed by atoms with Crippen LogP contribution in [0.1, 0.15) is 53.9 Å². The van der Waals surface area contributed by atoms with E-state index in [0.717, 1.165) is 0 Å². The number of hydrogen-bond acceptors (Lipinski definition) is 5. The lowest BCUT2D eigenvalue weighted by Crippen LogP contribution is -2.53. The lowest BCUT2D eigenvalue weighted by molar-refractivity contribution is -0.151. The van der Waals surface area contributed by atoms with E-state index in [1.54, 1.807) is 18.9 Å². The molecule has 8 nitrogen and oxygen atoms in total. The summed E-state index contributed by atoms with van der Waals surface area (Å²) in [6.45, 7) is 10.7. The number of esters is 1. The summed E-state index contributed by atoms with van der Waals surface area (Å²) in [6, 6.07) is -0.659. The van der Waals surface area contributed by atoms with Crippen LogP contribution >= 0.6 is 0 Å². The van der Waals surface area contributed by atoms with Crippen molar-refractivity contribution in [2.45, 2.75) is 59.9 Å². The number of nitrogens with zero attached hydrogens (tertiary/aromatic N) is 2. The van der Waals surface area contributed by atoms with Gasteiger partial charge >= 0.3 is 5.97 Å². The van der Waals surface area contributed by atoms with E-state index in [1.165, 1.54) is 4.90 Å². The van der Waals surface area contributed by atoms with Crippen LogP contribution in [0.4, 0.5) is 0 Å². The number of carbonyl (C=O) groups excluding carboxylic acids is 4. The first-order chi connectivity index (χ1) is 13.6. The third kappa shape index (κ3) is 8.03. The minimum absolute atomic E-state index is 0.0494. The standard InChI is InChI=1S/C21H37N3O5/c1-7-29-21(28)16-8-10-24(11-9-16)18(26)13-23(6)20(27)19(15(4)5)22-17(25)12-14(2)3/h14-16,19H,7-13H2,1-6H3,(H,22,25). The molecule has 1 aliphatic rings. The Balaban J connectivity index is 2.58. The Morgan fingerprint density at radius 2 is 1.69 bits per heavy atom. The first-order valence-corrected chi connectivity index (χ1v) is 10.6. The second-order valence-corrected chi connectivity index (χ2v) is 8.49. The van der Waals surface area contributed by atoms with Crippen molar-refractivity contribution >= 4 is 23.7 Å². The van der Waals surface area contributed by atoms with Gasteiger partial charge in [-0.1, -0.05) is 27.7 Å². The molecule has 0 saturated carbocycles. The summed E-state index contributed by atoms with van der Waals surface area (Å²) >= 11 is 0. The second-order valence-electron chi connectivity index (χ2n) is 8.49. The van der Waals surface area contributed by atoms with Crippen molar-refractivity contribution in [1.29, 1.82) is 0 Å². The van der Waals surface area contributed by atoms with Crippen molar-refractivity contribution in [2.24, 2.45) is 17.8 Å². The highest BCUT2D eigenvalue weighted by atomic mass is 16.5. The molecule has 1 N–H and O–H groups in total. The molecular weight excluding hydrogens is 374 g/mol. The van der Waals surface area contributed by atoms with Crippen LogP contribution in [-0.4, -0.2) is 72.8 Å². The van der Waals surface area contributed by atoms with Gasteiger partial charge in [-0.3, -0.25) is 19.2 Å². The Morgan fingerprint density at radius 3 is 2.17 bits per heavy atom. The molecule has 0 aliphatic carbocycles. The predicted octanol–water partition coefficient (Wildman–Crippen LogP) is 1.43. The molecule has 1 atom stereocenters. The summed E-state index contributed by atoms with van der Waals surface area (Å²) in [4.78, 5) is 52.4. The quantitative estimate of drug-likeness (QED) is 0.579. The van der Waals surface area contributed by atoms with Gasteiger partial charge in [0.1, 0.15) is 6.04 Å². The van der Waals surface area contributed by atoms with Gasteiger partial charge in [0.05, 0.1) is 19.1 Å². The molecule has 29 heavy (non-hydrogen) atoms. The summed E-state index contributed by atoms with van der Waals surface area (Å²) in [5, 5.41) is 2.81. The molecule has 1 aliphatic heterocycles. The molecule has 1 fully saturated rings. The largest absolute Gasteiger partial charge is 0.466 e. The van der Waals surface area contributed by atoms with Crippen molar-refractivity contribution in [3.05, 3.63) is 0 Å². The highest BCUT2D eigenvalue weighted by Crippen LogP contribution is 2.19. The lowest BCUT2D eigenvalue weighted by Gasteiger charge is -2.33. The van der Waals surface area contributed by atoms with Crippen molar-refractivity contribution in [1.82, 2.24) is 15.1 Å². The predicted molar refractivity (Wildman–Crippen MR) is 110 cm³/mol. The molecule has 0 bridgehead atoms. The minimum Gasteiger partial charge on any atom is -0.466 e. The fraction of sp³-hybridized carbons (Fsp3) is 0.810. The van der Waals surface area contributed by atoms with Crippen molar-refractivity contribution < 1.29 is 23.9 Å². The van der Waals surface area contributed by atoms with Gasteiger partial charge in [0.15, 0.2) is 0 Å². The van der Waals surface area contributed by atoms with Crippen molar-refractivity contribution in [3.63, 3.8) is 0 Å². The van der Waals surface area contributed by atoms with Crippen LogP contribution < -0.4 is 5.32 Å². The smallest absolute Gasteiger partial charge is 0.309 e. The van der Waals surface area contributed by atoms with E-state index in [2.05, 4.69) is 5.32 Å². The number of piperidine rings is 1. The number of carbonyl (C=O) groups is 4. The Morgan fingerprint density at radius 1 is 1.10 bits per heavy atom. The van der Waals surface area contributed by atoms with E-state index in [-0.39, 0.29) is 48.0 Å². The summed E-state index contributed by atoms with van der Waals surface area (Å²) in [5.74, 6) is -0.839. The number of amides is 3. The molecule has 166 valence electrons. The highest BCUT2D eigenvalue weighted by molar-refractivity contribution is 5.90. The average molecular weight is 412 g/mol. The first kappa shape index (κ1) is 24.9. The molecule has 8 heteroatoms. The van der Waals surface area contributed by atoms with Crippen LogP contribution in [-0.2, 0) is 23.9 Å². The number of nitrogens with one attached hydrogen (secondary N) is 1. The molecule has 3 amide bonds. The van der Waals surface area contributed by atoms with Gasteiger partial charge in [0, 0.05) is 26.6 Å². The van der Waals surface area contributed by atoms with Gasteiger partial charge in [-0.2, -0.15) is 0 Å². The Labute approximate surface area is 174 Å². The second kappa shape index (κ2) is 11.8. The van der Waals surface area contributed by atoms with Crippen LogP contribution in [0, 0.1) is 17.8 Å². The van der Waals surface area contributed by atoms with Gasteiger partial charge < -0.3 is 19.9 Å². The average Bonchev–Trinajstić information content (AvgIpc) is 2.65. The van der Waals surface area contributed by atoms with Gasteiger partial charge in [0.2, 0.25) is 17.7 Å². The first-order valence-electron chi connectivity index (χ1n) is 10.6. The zero-order chi connectivity index (χ0) is 22.1. The number of rotatable bonds is 9. The molecule has 1 saturated heterocycles. The maximum atomic E-state index is 12.8. The van der Waals surface area contributed by atoms with Crippen molar-refractivity contribution in [3.8, 4) is 0 Å². The maximum absolute atomic E-state index is 12.8. The molecule has 1 rings (SSSR count). The minimum atomic E-state index is -0.659. The van der Waals surface area contributed by atoms with E-state index >= 15 is 0 Å². The van der Waals surface area contributed by atoms with Crippen LogP contribution in [0.2, 0.25) is 0 Å². The third-order valence-electron chi connectivity index (χ3n) is 5.06. The summed E-state index contributed by atoms with van der Waals surface area (Å²) in [5.41, 5.74) is 0. The summed E-state index contributed by atoms with van der Waals surface area (Å²) < 4.78 is 5.05. The maximum Gasteiger partial charge on any atom is 0.309 e. The van der Waals surface area contributed by atoms with Crippen LogP contribution in [0.25, 0.3) is 0 Å². The molecular formula is C21H37N3O5. The number of hydrogen-bond donors (Lipinski definition) is 1. The van der Waals surface area contributed by atoms with Crippen LogP contribution in [0.5, 0.6) is 0 Å². The number of likely N-dealkylation sites (N-methyl/N-ethyl adjacent to an activating group) is 1. The fourth-order valence-electron chi connectivity index (χ4n) is 3.36. The zero-order valence-electron chi connectivity index (χ0n) is 18.7. The van der Waals surface area contributed by atoms with Crippen LogP contribution in [0.15, 0.2) is 0 Å². The molecule has 1 unspecified atom stereocenters. The number of likely N-dealkylation sites (tertiary alicyclic amines) is 1. The van der Waals surface area contributed by atoms with E-state index in [4.69, 9.17) is 4.74 Å². The van der Waals surface area contributed by atoms with Gasteiger partial charge in [-0.15, -0.1) is 0 Å². The molecule has 0 radical (unpaired) electrons. The van der Waals surface area contributed by atoms with Gasteiger partial charge in [-0.25, -0.2) is 0 Å². The van der Waals surface area contributed by atoms with Crippen molar-refractivity contribution in [2.75, 3.05) is 33.3 Å². The van der Waals surface area contributed by atoms with E-state index in [9.17, 15) is 19.2 Å². The molecule has 0 aromatic heterocycles. The fourth-order valence-corrected chi connectivity index (χ4v) is 3.36. The molecule has 0 aromatic carbocycles. The Kier molecular flexibility index (Phi) is 10.1.